The van der Waals surface area contributed by atoms with Crippen LogP contribution in [-0.2, 0) is 25.7 Å². The van der Waals surface area contributed by atoms with E-state index in [-0.39, 0.29) is 55.0 Å². The number of hydrogen-bond acceptors (Lipinski definition) is 4. The van der Waals surface area contributed by atoms with E-state index in [0.29, 0.717) is 24.4 Å². The Hall–Kier alpha value is -2.67. The second-order valence-corrected chi connectivity index (χ2v) is 8.79. The molecule has 1 aromatic carbocycles. The van der Waals surface area contributed by atoms with Gasteiger partial charge in [0.25, 0.3) is 0 Å². The van der Waals surface area contributed by atoms with Gasteiger partial charge in [-0.25, -0.2) is 0 Å². The molecule has 0 aromatic heterocycles. The number of imide groups is 1. The third-order valence-electron chi connectivity index (χ3n) is 6.11. The molecule has 1 aliphatic carbocycles. The maximum absolute atomic E-state index is 13.2. The molecular formula is C24H30ClN3O4. The Labute approximate surface area is 193 Å². The second kappa shape index (κ2) is 10.8. The smallest absolute Gasteiger partial charge is 0.242 e. The van der Waals surface area contributed by atoms with E-state index in [4.69, 9.17) is 11.6 Å². The van der Waals surface area contributed by atoms with Crippen LogP contribution in [0.2, 0.25) is 5.02 Å². The summed E-state index contributed by atoms with van der Waals surface area (Å²) in [6.07, 6.45) is 5.76. The number of halogens is 1. The average molecular weight is 460 g/mol. The molecule has 0 unspecified atom stereocenters. The van der Waals surface area contributed by atoms with Gasteiger partial charge in [-0.1, -0.05) is 42.8 Å². The molecule has 3 rings (SSSR count). The van der Waals surface area contributed by atoms with Gasteiger partial charge in [0.15, 0.2) is 0 Å². The minimum Gasteiger partial charge on any atom is -0.354 e. The Bertz CT molecular complexity index is 890. The molecule has 7 nitrogen and oxygen atoms in total. The fraction of sp³-hybridized carbons (Fsp3) is 0.500. The van der Waals surface area contributed by atoms with Crippen molar-refractivity contribution in [1.29, 1.82) is 0 Å². The van der Waals surface area contributed by atoms with E-state index in [0.717, 1.165) is 12.0 Å². The third-order valence-corrected chi connectivity index (χ3v) is 6.34. The van der Waals surface area contributed by atoms with E-state index in [9.17, 15) is 19.2 Å². The number of amides is 4. The van der Waals surface area contributed by atoms with E-state index >= 15 is 0 Å². The van der Waals surface area contributed by atoms with Gasteiger partial charge in [-0.05, 0) is 43.9 Å². The molecule has 2 aliphatic rings. The molecule has 1 N–H and O–H groups in total. The molecule has 0 radical (unpaired) electrons. The largest absolute Gasteiger partial charge is 0.354 e. The summed E-state index contributed by atoms with van der Waals surface area (Å²) >= 11 is 6.09. The van der Waals surface area contributed by atoms with Crippen LogP contribution in [0.1, 0.15) is 45.1 Å². The minimum atomic E-state index is -0.704. The van der Waals surface area contributed by atoms with Crippen LogP contribution in [0.25, 0.3) is 0 Å². The molecule has 1 aromatic rings. The Morgan fingerprint density at radius 2 is 1.84 bits per heavy atom. The minimum absolute atomic E-state index is 0.0266. The summed E-state index contributed by atoms with van der Waals surface area (Å²) < 4.78 is 0. The van der Waals surface area contributed by atoms with Crippen molar-refractivity contribution >= 4 is 35.2 Å². The number of nitrogens with one attached hydrogen (secondary N) is 1. The van der Waals surface area contributed by atoms with Crippen LogP contribution in [0.3, 0.4) is 0 Å². The highest BCUT2D eigenvalue weighted by Crippen LogP contribution is 2.35. The zero-order valence-electron chi connectivity index (χ0n) is 18.6. The number of fused-ring (bicyclic) bond motifs is 1. The molecule has 1 fully saturated rings. The Morgan fingerprint density at radius 1 is 1.19 bits per heavy atom. The number of allylic oxidation sites excluding steroid dienone is 2. The standard InChI is InChI=1S/C24H30ClN3O4/c1-3-12-26-22(30)16(2)28(15-17-7-6-8-18(25)14-17)21(29)11-13-27-23(31)19-9-4-5-10-20(19)24(27)32/h4-8,14,16,19-20H,3,9-13,15H2,1-2H3,(H,26,30)/t16-,19-,20+/m0/s1. The summed E-state index contributed by atoms with van der Waals surface area (Å²) in [5.41, 5.74) is 0.798. The molecular weight excluding hydrogens is 430 g/mol. The van der Waals surface area contributed by atoms with Gasteiger partial charge in [-0.2, -0.15) is 0 Å². The van der Waals surface area contributed by atoms with Crippen molar-refractivity contribution in [1.82, 2.24) is 15.1 Å². The summed E-state index contributed by atoms with van der Waals surface area (Å²) in [6.45, 7) is 4.39. The maximum Gasteiger partial charge on any atom is 0.242 e. The molecule has 172 valence electrons. The molecule has 32 heavy (non-hydrogen) atoms. The van der Waals surface area contributed by atoms with Crippen LogP contribution in [0.4, 0.5) is 0 Å². The number of rotatable bonds is 9. The molecule has 8 heteroatoms. The van der Waals surface area contributed by atoms with E-state index < -0.39 is 6.04 Å². The molecule has 1 aliphatic heterocycles. The van der Waals surface area contributed by atoms with E-state index in [2.05, 4.69) is 5.32 Å². The van der Waals surface area contributed by atoms with Crippen molar-refractivity contribution in [3.63, 3.8) is 0 Å². The van der Waals surface area contributed by atoms with Crippen LogP contribution in [-0.4, -0.2) is 52.6 Å². The first-order valence-corrected chi connectivity index (χ1v) is 11.5. The Balaban J connectivity index is 1.70. The second-order valence-electron chi connectivity index (χ2n) is 8.35. The molecule has 0 spiro atoms. The van der Waals surface area contributed by atoms with Crippen LogP contribution in [0.5, 0.6) is 0 Å². The Morgan fingerprint density at radius 3 is 2.44 bits per heavy atom. The van der Waals surface area contributed by atoms with Crippen molar-refractivity contribution in [2.75, 3.05) is 13.1 Å². The Kier molecular flexibility index (Phi) is 8.07. The quantitative estimate of drug-likeness (QED) is 0.454. The number of benzene rings is 1. The van der Waals surface area contributed by atoms with Gasteiger partial charge in [0.2, 0.25) is 23.6 Å². The first-order valence-electron chi connectivity index (χ1n) is 11.1. The van der Waals surface area contributed by atoms with E-state index in [1.54, 1.807) is 25.1 Å². The molecule has 1 heterocycles. The monoisotopic (exact) mass is 459 g/mol. The lowest BCUT2D eigenvalue weighted by molar-refractivity contribution is -0.143. The zero-order valence-corrected chi connectivity index (χ0v) is 19.3. The maximum atomic E-state index is 13.2. The average Bonchev–Trinajstić information content (AvgIpc) is 3.03. The summed E-state index contributed by atoms with van der Waals surface area (Å²) in [7, 11) is 0. The van der Waals surface area contributed by atoms with Crippen molar-refractivity contribution in [3.8, 4) is 0 Å². The number of nitrogens with zero attached hydrogens (tertiary/aromatic N) is 2. The molecule has 4 amide bonds. The van der Waals surface area contributed by atoms with Gasteiger partial charge in [-0.15, -0.1) is 0 Å². The predicted octanol–water partition coefficient (Wildman–Crippen LogP) is 2.92. The highest BCUT2D eigenvalue weighted by atomic mass is 35.5. The van der Waals surface area contributed by atoms with Crippen molar-refractivity contribution in [2.45, 2.75) is 52.1 Å². The lowest BCUT2D eigenvalue weighted by atomic mass is 9.85. The van der Waals surface area contributed by atoms with Gasteiger partial charge in [-0.3, -0.25) is 24.1 Å². The van der Waals surface area contributed by atoms with Crippen LogP contribution in [0.15, 0.2) is 36.4 Å². The van der Waals surface area contributed by atoms with Crippen molar-refractivity contribution < 1.29 is 19.2 Å². The van der Waals surface area contributed by atoms with E-state index in [1.165, 1.54) is 9.80 Å². The first kappa shape index (κ1) is 24.0. The normalized spacial score (nSPS) is 20.8. The van der Waals surface area contributed by atoms with Gasteiger partial charge in [0.1, 0.15) is 6.04 Å². The number of carbonyl (C=O) groups is 4. The van der Waals surface area contributed by atoms with E-state index in [1.807, 2.05) is 25.1 Å². The van der Waals surface area contributed by atoms with Crippen molar-refractivity contribution in [3.05, 3.63) is 47.0 Å². The van der Waals surface area contributed by atoms with Gasteiger partial charge < -0.3 is 10.2 Å². The lowest BCUT2D eigenvalue weighted by Crippen LogP contribution is -2.48. The highest BCUT2D eigenvalue weighted by Gasteiger charge is 2.47. The highest BCUT2D eigenvalue weighted by molar-refractivity contribution is 6.30. The summed E-state index contributed by atoms with van der Waals surface area (Å²) in [4.78, 5) is 53.9. The van der Waals surface area contributed by atoms with Gasteiger partial charge >= 0.3 is 0 Å². The molecule has 0 bridgehead atoms. The molecule has 3 atom stereocenters. The van der Waals surface area contributed by atoms with Crippen LogP contribution >= 0.6 is 11.6 Å². The summed E-state index contributed by atoms with van der Waals surface area (Å²) in [6, 6.07) is 6.43. The summed E-state index contributed by atoms with van der Waals surface area (Å²) in [5, 5.41) is 3.37. The first-order chi connectivity index (χ1) is 15.3. The van der Waals surface area contributed by atoms with Crippen LogP contribution < -0.4 is 5.32 Å². The number of hydrogen-bond donors (Lipinski definition) is 1. The van der Waals surface area contributed by atoms with Crippen LogP contribution in [0, 0.1) is 11.8 Å². The predicted molar refractivity (Wildman–Crippen MR) is 121 cm³/mol. The van der Waals surface area contributed by atoms with Crippen molar-refractivity contribution in [2.24, 2.45) is 11.8 Å². The summed E-state index contributed by atoms with van der Waals surface area (Å²) in [5.74, 6) is -1.57. The van der Waals surface area contributed by atoms with Gasteiger partial charge in [0.05, 0.1) is 11.8 Å². The topological polar surface area (TPSA) is 86.8 Å². The number of carbonyl (C=O) groups excluding carboxylic acids is 4. The molecule has 1 saturated heterocycles. The lowest BCUT2D eigenvalue weighted by Gasteiger charge is -2.29. The third kappa shape index (κ3) is 5.38. The molecule has 0 saturated carbocycles. The fourth-order valence-corrected chi connectivity index (χ4v) is 4.46. The SMILES string of the molecule is CCCNC(=O)[C@H](C)N(Cc1cccc(Cl)c1)C(=O)CCN1C(=O)[C@H]2CC=CC[C@H]2C1=O. The zero-order chi connectivity index (χ0) is 23.3. The van der Waals surface area contributed by atoms with Gasteiger partial charge in [0, 0.05) is 31.1 Å². The number of likely N-dealkylation sites (tertiary alicyclic amines) is 1. The fourth-order valence-electron chi connectivity index (χ4n) is 4.25.